The SMILES string of the molecule is CC(=O)N1CC(C)(CC(=O)C(NC(=O)C2CCCN2)c2ccc(C(C)C)c(F)c2-c2ccccc2)C1. The first-order valence-corrected chi connectivity index (χ1v) is 12.8. The van der Waals surface area contributed by atoms with E-state index in [-0.39, 0.29) is 47.2 Å². The van der Waals surface area contributed by atoms with Gasteiger partial charge < -0.3 is 15.5 Å². The fraction of sp³-hybridized carbons (Fsp3) is 0.483. The topological polar surface area (TPSA) is 78.5 Å². The van der Waals surface area contributed by atoms with Gasteiger partial charge in [0.1, 0.15) is 11.9 Å². The van der Waals surface area contributed by atoms with E-state index in [0.29, 0.717) is 41.8 Å². The van der Waals surface area contributed by atoms with Gasteiger partial charge in [0.05, 0.1) is 6.04 Å². The molecule has 6 nitrogen and oxygen atoms in total. The maximum atomic E-state index is 16.0. The molecule has 2 unspecified atom stereocenters. The Kier molecular flexibility index (Phi) is 7.59. The zero-order chi connectivity index (χ0) is 26.0. The van der Waals surface area contributed by atoms with Crippen LogP contribution in [0.25, 0.3) is 11.1 Å². The van der Waals surface area contributed by atoms with Crippen LogP contribution >= 0.6 is 0 Å². The molecular weight excluding hydrogens is 457 g/mol. The van der Waals surface area contributed by atoms with Crippen LogP contribution < -0.4 is 10.6 Å². The van der Waals surface area contributed by atoms with Crippen LogP contribution in [0.2, 0.25) is 0 Å². The van der Waals surface area contributed by atoms with Crippen molar-refractivity contribution in [1.29, 1.82) is 0 Å². The summed E-state index contributed by atoms with van der Waals surface area (Å²) in [5.41, 5.74) is 1.67. The number of nitrogens with zero attached hydrogens (tertiary/aromatic N) is 1. The Morgan fingerprint density at radius 2 is 1.78 bits per heavy atom. The lowest BCUT2D eigenvalue weighted by Crippen LogP contribution is -2.57. The van der Waals surface area contributed by atoms with E-state index in [2.05, 4.69) is 10.6 Å². The van der Waals surface area contributed by atoms with Crippen molar-refractivity contribution in [1.82, 2.24) is 15.5 Å². The lowest BCUT2D eigenvalue weighted by Gasteiger charge is -2.48. The third-order valence-corrected chi connectivity index (χ3v) is 7.38. The fourth-order valence-electron chi connectivity index (χ4n) is 5.41. The average Bonchev–Trinajstić information content (AvgIpc) is 3.36. The number of benzene rings is 2. The zero-order valence-corrected chi connectivity index (χ0v) is 21.6. The van der Waals surface area contributed by atoms with Gasteiger partial charge in [-0.05, 0) is 42.0 Å². The Morgan fingerprint density at radius 1 is 1.11 bits per heavy atom. The summed E-state index contributed by atoms with van der Waals surface area (Å²) < 4.78 is 16.0. The number of amides is 2. The molecule has 0 aliphatic carbocycles. The molecular formula is C29H36FN3O3. The predicted molar refractivity (Wildman–Crippen MR) is 138 cm³/mol. The van der Waals surface area contributed by atoms with E-state index in [0.717, 1.165) is 13.0 Å². The summed E-state index contributed by atoms with van der Waals surface area (Å²) in [7, 11) is 0. The second kappa shape index (κ2) is 10.5. The number of ketones is 1. The minimum atomic E-state index is -0.992. The van der Waals surface area contributed by atoms with Crippen molar-refractivity contribution >= 4 is 17.6 Å². The third kappa shape index (κ3) is 5.36. The van der Waals surface area contributed by atoms with Crippen molar-refractivity contribution < 1.29 is 18.8 Å². The van der Waals surface area contributed by atoms with Crippen molar-refractivity contribution in [2.24, 2.45) is 5.41 Å². The third-order valence-electron chi connectivity index (χ3n) is 7.38. The molecule has 192 valence electrons. The summed E-state index contributed by atoms with van der Waals surface area (Å²) in [6, 6.07) is 11.3. The Hall–Kier alpha value is -3.06. The van der Waals surface area contributed by atoms with Crippen LogP contribution in [0, 0.1) is 11.2 Å². The summed E-state index contributed by atoms with van der Waals surface area (Å²) in [5, 5.41) is 6.15. The number of carbonyl (C=O) groups excluding carboxylic acids is 3. The van der Waals surface area contributed by atoms with Gasteiger partial charge in [-0.15, -0.1) is 0 Å². The minimum Gasteiger partial charge on any atom is -0.342 e. The normalized spacial score (nSPS) is 19.6. The second-order valence-corrected chi connectivity index (χ2v) is 10.9. The molecule has 0 spiro atoms. The first-order valence-electron chi connectivity index (χ1n) is 12.8. The highest BCUT2D eigenvalue weighted by molar-refractivity contribution is 5.94. The Morgan fingerprint density at radius 3 is 2.36 bits per heavy atom. The maximum Gasteiger partial charge on any atom is 0.237 e. The monoisotopic (exact) mass is 493 g/mol. The van der Waals surface area contributed by atoms with Crippen molar-refractivity contribution in [2.45, 2.75) is 65.0 Å². The summed E-state index contributed by atoms with van der Waals surface area (Å²) in [4.78, 5) is 40.4. The van der Waals surface area contributed by atoms with E-state index in [1.807, 2.05) is 51.1 Å². The molecule has 0 aromatic heterocycles. The molecule has 36 heavy (non-hydrogen) atoms. The average molecular weight is 494 g/mol. The van der Waals surface area contributed by atoms with Crippen LogP contribution in [-0.4, -0.2) is 48.2 Å². The van der Waals surface area contributed by atoms with Gasteiger partial charge in [-0.1, -0.05) is 63.2 Å². The van der Waals surface area contributed by atoms with E-state index in [9.17, 15) is 14.4 Å². The lowest BCUT2D eigenvalue weighted by atomic mass is 9.75. The highest BCUT2D eigenvalue weighted by Crippen LogP contribution is 2.39. The Balaban J connectivity index is 1.74. The minimum absolute atomic E-state index is 0.0187. The van der Waals surface area contributed by atoms with Gasteiger partial charge in [-0.2, -0.15) is 0 Å². The van der Waals surface area contributed by atoms with Crippen molar-refractivity contribution in [3.05, 3.63) is 59.4 Å². The molecule has 2 saturated heterocycles. The number of halogens is 1. The molecule has 2 aliphatic heterocycles. The predicted octanol–water partition coefficient (Wildman–Crippen LogP) is 4.35. The van der Waals surface area contributed by atoms with Crippen molar-refractivity contribution in [2.75, 3.05) is 19.6 Å². The Bertz CT molecular complexity index is 1140. The van der Waals surface area contributed by atoms with Crippen LogP contribution in [0.4, 0.5) is 4.39 Å². The van der Waals surface area contributed by atoms with E-state index in [4.69, 9.17) is 0 Å². The molecule has 2 N–H and O–H groups in total. The van der Waals surface area contributed by atoms with Gasteiger partial charge in [-0.3, -0.25) is 14.4 Å². The number of hydrogen-bond donors (Lipinski definition) is 2. The largest absolute Gasteiger partial charge is 0.342 e. The number of likely N-dealkylation sites (tertiary alicyclic amines) is 1. The molecule has 2 aromatic carbocycles. The molecule has 2 heterocycles. The van der Waals surface area contributed by atoms with Gasteiger partial charge in [0, 0.05) is 37.4 Å². The van der Waals surface area contributed by atoms with Gasteiger partial charge >= 0.3 is 0 Å². The van der Waals surface area contributed by atoms with E-state index >= 15 is 4.39 Å². The highest BCUT2D eigenvalue weighted by atomic mass is 19.1. The van der Waals surface area contributed by atoms with Crippen LogP contribution in [0.1, 0.15) is 70.0 Å². The maximum absolute atomic E-state index is 16.0. The standard InChI is InChI=1S/C29H36FN3O3/c1-18(2)21-12-13-22(25(26(21)30)20-9-6-5-7-10-20)27(32-28(36)23-11-8-14-31-23)24(35)15-29(4)16-33(17-29)19(3)34/h5-7,9-10,12-13,18,23,27,31H,8,11,14-17H2,1-4H3,(H,32,36). The first kappa shape index (κ1) is 26.0. The number of nitrogens with one attached hydrogen (secondary N) is 2. The van der Waals surface area contributed by atoms with E-state index < -0.39 is 6.04 Å². The van der Waals surface area contributed by atoms with Gasteiger partial charge in [0.15, 0.2) is 5.78 Å². The molecule has 2 atom stereocenters. The molecule has 0 saturated carbocycles. The van der Waals surface area contributed by atoms with E-state index in [1.54, 1.807) is 17.0 Å². The molecule has 2 amide bonds. The lowest BCUT2D eigenvalue weighted by molar-refractivity contribution is -0.143. The fourth-order valence-corrected chi connectivity index (χ4v) is 5.41. The number of hydrogen-bond acceptors (Lipinski definition) is 4. The van der Waals surface area contributed by atoms with Gasteiger partial charge in [0.25, 0.3) is 0 Å². The number of Topliss-reactive ketones (excluding diaryl/α,β-unsaturated/α-hetero) is 1. The molecule has 2 aromatic rings. The summed E-state index contributed by atoms with van der Waals surface area (Å²) >= 11 is 0. The van der Waals surface area contributed by atoms with Gasteiger partial charge in [-0.25, -0.2) is 4.39 Å². The van der Waals surface area contributed by atoms with Gasteiger partial charge in [0.2, 0.25) is 11.8 Å². The molecule has 2 aliphatic rings. The quantitative estimate of drug-likeness (QED) is 0.573. The van der Waals surface area contributed by atoms with Crippen LogP contribution in [0.5, 0.6) is 0 Å². The number of rotatable bonds is 8. The molecule has 0 radical (unpaired) electrons. The van der Waals surface area contributed by atoms with Crippen molar-refractivity contribution in [3.8, 4) is 11.1 Å². The molecule has 2 fully saturated rings. The van der Waals surface area contributed by atoms with Crippen molar-refractivity contribution in [3.63, 3.8) is 0 Å². The van der Waals surface area contributed by atoms with E-state index in [1.165, 1.54) is 6.92 Å². The summed E-state index contributed by atoms with van der Waals surface area (Å²) in [5.74, 6) is -0.852. The van der Waals surface area contributed by atoms with Crippen LogP contribution in [0.15, 0.2) is 42.5 Å². The second-order valence-electron chi connectivity index (χ2n) is 10.9. The molecule has 7 heteroatoms. The smallest absolute Gasteiger partial charge is 0.237 e. The van der Waals surface area contributed by atoms with Crippen LogP contribution in [0.3, 0.4) is 0 Å². The zero-order valence-electron chi connectivity index (χ0n) is 21.6. The molecule has 4 rings (SSSR count). The highest BCUT2D eigenvalue weighted by Gasteiger charge is 2.43. The summed E-state index contributed by atoms with van der Waals surface area (Å²) in [6.45, 7) is 9.09. The Labute approximate surface area is 212 Å². The molecule has 0 bridgehead atoms. The first-order chi connectivity index (χ1) is 17.1. The van der Waals surface area contributed by atoms with Crippen LogP contribution in [-0.2, 0) is 14.4 Å². The summed E-state index contributed by atoms with van der Waals surface area (Å²) in [6.07, 6.45) is 1.77. The number of carbonyl (C=O) groups is 3.